The SMILES string of the molecule is Cc1ccc(CSCC(=O)NCCSC2CCCCC2)cc1. The number of rotatable bonds is 8. The van der Waals surface area contributed by atoms with Crippen molar-refractivity contribution in [2.24, 2.45) is 0 Å². The van der Waals surface area contributed by atoms with E-state index in [1.807, 2.05) is 11.8 Å². The minimum Gasteiger partial charge on any atom is -0.355 e. The molecular weight excluding hydrogens is 310 g/mol. The molecule has 122 valence electrons. The Morgan fingerprint density at radius 2 is 1.91 bits per heavy atom. The van der Waals surface area contributed by atoms with E-state index in [1.165, 1.54) is 43.2 Å². The Morgan fingerprint density at radius 3 is 2.64 bits per heavy atom. The molecule has 2 rings (SSSR count). The van der Waals surface area contributed by atoms with Gasteiger partial charge in [0.05, 0.1) is 5.75 Å². The van der Waals surface area contributed by atoms with E-state index in [4.69, 9.17) is 0 Å². The Hall–Kier alpha value is -0.610. The highest BCUT2D eigenvalue weighted by Gasteiger charge is 2.13. The number of benzene rings is 1. The van der Waals surface area contributed by atoms with E-state index >= 15 is 0 Å². The first-order valence-electron chi connectivity index (χ1n) is 8.25. The number of aryl methyl sites for hydroxylation is 1. The van der Waals surface area contributed by atoms with E-state index in [0.717, 1.165) is 23.3 Å². The molecule has 0 radical (unpaired) electrons. The van der Waals surface area contributed by atoms with Crippen LogP contribution in [0.2, 0.25) is 0 Å². The number of hydrogen-bond donors (Lipinski definition) is 1. The van der Waals surface area contributed by atoms with Gasteiger partial charge < -0.3 is 5.32 Å². The largest absolute Gasteiger partial charge is 0.355 e. The molecule has 0 aliphatic heterocycles. The average molecular weight is 338 g/mol. The van der Waals surface area contributed by atoms with Crippen LogP contribution in [0.25, 0.3) is 0 Å². The van der Waals surface area contributed by atoms with Crippen LogP contribution in [-0.4, -0.2) is 29.2 Å². The molecule has 1 aliphatic rings. The Balaban J connectivity index is 1.49. The minimum absolute atomic E-state index is 0.168. The van der Waals surface area contributed by atoms with E-state index in [2.05, 4.69) is 36.5 Å². The van der Waals surface area contributed by atoms with Crippen LogP contribution in [-0.2, 0) is 10.5 Å². The molecule has 1 fully saturated rings. The molecule has 0 spiro atoms. The predicted molar refractivity (Wildman–Crippen MR) is 99.7 cm³/mol. The van der Waals surface area contributed by atoms with Crippen LogP contribution in [0.5, 0.6) is 0 Å². The van der Waals surface area contributed by atoms with Crippen molar-refractivity contribution in [2.45, 2.75) is 50.0 Å². The number of nitrogens with one attached hydrogen (secondary N) is 1. The molecule has 0 heterocycles. The van der Waals surface area contributed by atoms with Crippen LogP contribution in [0.3, 0.4) is 0 Å². The normalized spacial score (nSPS) is 15.7. The average Bonchev–Trinajstić information content (AvgIpc) is 2.54. The van der Waals surface area contributed by atoms with Gasteiger partial charge in [0.25, 0.3) is 0 Å². The van der Waals surface area contributed by atoms with Crippen LogP contribution in [0.1, 0.15) is 43.2 Å². The summed E-state index contributed by atoms with van der Waals surface area (Å²) in [6, 6.07) is 8.53. The number of hydrogen-bond acceptors (Lipinski definition) is 3. The topological polar surface area (TPSA) is 29.1 Å². The van der Waals surface area contributed by atoms with Gasteiger partial charge in [-0.05, 0) is 25.3 Å². The fourth-order valence-corrected chi connectivity index (χ4v) is 4.68. The zero-order chi connectivity index (χ0) is 15.6. The Labute approximate surface area is 143 Å². The fourth-order valence-electron chi connectivity index (χ4n) is 2.64. The van der Waals surface area contributed by atoms with E-state index < -0.39 is 0 Å². The van der Waals surface area contributed by atoms with Gasteiger partial charge in [0, 0.05) is 23.3 Å². The van der Waals surface area contributed by atoms with Gasteiger partial charge in [0.1, 0.15) is 0 Å². The lowest BCUT2D eigenvalue weighted by atomic mass is 10.0. The number of amides is 1. The summed E-state index contributed by atoms with van der Waals surface area (Å²) in [4.78, 5) is 11.8. The van der Waals surface area contributed by atoms with Crippen LogP contribution >= 0.6 is 23.5 Å². The highest BCUT2D eigenvalue weighted by molar-refractivity contribution is 8.00. The van der Waals surface area contributed by atoms with Crippen molar-refractivity contribution in [2.75, 3.05) is 18.1 Å². The van der Waals surface area contributed by atoms with Crippen LogP contribution in [0.4, 0.5) is 0 Å². The van der Waals surface area contributed by atoms with Crippen LogP contribution in [0.15, 0.2) is 24.3 Å². The summed E-state index contributed by atoms with van der Waals surface area (Å²) >= 11 is 3.73. The van der Waals surface area contributed by atoms with E-state index in [0.29, 0.717) is 5.75 Å². The molecule has 0 bridgehead atoms. The third-order valence-electron chi connectivity index (χ3n) is 3.95. The molecule has 1 N–H and O–H groups in total. The molecular formula is C18H27NOS2. The Morgan fingerprint density at radius 1 is 1.18 bits per heavy atom. The van der Waals surface area contributed by atoms with Crippen molar-refractivity contribution in [3.8, 4) is 0 Å². The summed E-state index contributed by atoms with van der Waals surface area (Å²) in [5.74, 6) is 2.69. The van der Waals surface area contributed by atoms with E-state index in [9.17, 15) is 4.79 Å². The van der Waals surface area contributed by atoms with Gasteiger partial charge in [-0.1, -0.05) is 49.1 Å². The van der Waals surface area contributed by atoms with Crippen molar-refractivity contribution in [1.29, 1.82) is 0 Å². The number of carbonyl (C=O) groups is 1. The van der Waals surface area contributed by atoms with Gasteiger partial charge in [-0.3, -0.25) is 4.79 Å². The molecule has 0 atom stereocenters. The maximum Gasteiger partial charge on any atom is 0.230 e. The monoisotopic (exact) mass is 337 g/mol. The molecule has 0 saturated heterocycles. The lowest BCUT2D eigenvalue weighted by Crippen LogP contribution is -2.28. The van der Waals surface area contributed by atoms with Crippen molar-refractivity contribution >= 4 is 29.4 Å². The second-order valence-corrected chi connectivity index (χ2v) is 8.35. The maximum absolute atomic E-state index is 11.8. The van der Waals surface area contributed by atoms with Gasteiger partial charge in [0.15, 0.2) is 0 Å². The molecule has 0 aromatic heterocycles. The highest BCUT2D eigenvalue weighted by Crippen LogP contribution is 2.27. The summed E-state index contributed by atoms with van der Waals surface area (Å²) in [5, 5.41) is 3.87. The predicted octanol–water partition coefficient (Wildman–Crippen LogP) is 4.41. The lowest BCUT2D eigenvalue weighted by molar-refractivity contribution is -0.118. The molecule has 1 amide bonds. The van der Waals surface area contributed by atoms with Gasteiger partial charge in [-0.2, -0.15) is 11.8 Å². The summed E-state index contributed by atoms with van der Waals surface area (Å²) in [7, 11) is 0. The first kappa shape index (κ1) is 17.7. The Bertz CT molecular complexity index is 441. The molecule has 2 nitrogen and oxygen atoms in total. The first-order valence-corrected chi connectivity index (χ1v) is 10.5. The highest BCUT2D eigenvalue weighted by atomic mass is 32.2. The molecule has 4 heteroatoms. The molecule has 1 aromatic rings. The van der Waals surface area contributed by atoms with Crippen molar-refractivity contribution in [3.05, 3.63) is 35.4 Å². The molecule has 0 unspecified atom stereocenters. The van der Waals surface area contributed by atoms with E-state index in [-0.39, 0.29) is 5.91 Å². The standard InChI is InChI=1S/C18H27NOS2/c1-15-7-9-16(10-8-15)13-21-14-18(20)19-11-12-22-17-5-3-2-4-6-17/h7-10,17H,2-6,11-14H2,1H3,(H,19,20). The zero-order valence-electron chi connectivity index (χ0n) is 13.5. The van der Waals surface area contributed by atoms with Gasteiger partial charge in [0.2, 0.25) is 5.91 Å². The summed E-state index contributed by atoms with van der Waals surface area (Å²) in [5.41, 5.74) is 2.57. The van der Waals surface area contributed by atoms with Gasteiger partial charge >= 0.3 is 0 Å². The van der Waals surface area contributed by atoms with Crippen molar-refractivity contribution in [1.82, 2.24) is 5.32 Å². The Kier molecular flexibility index (Phi) is 8.24. The molecule has 1 aliphatic carbocycles. The minimum atomic E-state index is 0.168. The second kappa shape index (κ2) is 10.2. The second-order valence-electron chi connectivity index (χ2n) is 5.96. The van der Waals surface area contributed by atoms with Crippen molar-refractivity contribution < 1.29 is 4.79 Å². The van der Waals surface area contributed by atoms with Crippen LogP contribution in [0, 0.1) is 6.92 Å². The quantitative estimate of drug-likeness (QED) is 0.712. The number of carbonyl (C=O) groups excluding carboxylic acids is 1. The maximum atomic E-state index is 11.8. The first-order chi connectivity index (χ1) is 10.7. The summed E-state index contributed by atoms with van der Waals surface area (Å²) < 4.78 is 0. The van der Waals surface area contributed by atoms with Crippen molar-refractivity contribution in [3.63, 3.8) is 0 Å². The lowest BCUT2D eigenvalue weighted by Gasteiger charge is -2.20. The molecule has 1 aromatic carbocycles. The smallest absolute Gasteiger partial charge is 0.230 e. The van der Waals surface area contributed by atoms with Gasteiger partial charge in [-0.15, -0.1) is 11.8 Å². The number of thioether (sulfide) groups is 2. The zero-order valence-corrected chi connectivity index (χ0v) is 15.1. The van der Waals surface area contributed by atoms with Gasteiger partial charge in [-0.25, -0.2) is 0 Å². The summed E-state index contributed by atoms with van der Waals surface area (Å²) in [6.45, 7) is 2.90. The third kappa shape index (κ3) is 7.10. The fraction of sp³-hybridized carbons (Fsp3) is 0.611. The molecule has 1 saturated carbocycles. The van der Waals surface area contributed by atoms with E-state index in [1.54, 1.807) is 11.8 Å². The third-order valence-corrected chi connectivity index (χ3v) is 6.34. The van der Waals surface area contributed by atoms with Crippen LogP contribution < -0.4 is 5.32 Å². The summed E-state index contributed by atoms with van der Waals surface area (Å²) in [6.07, 6.45) is 6.92. The molecule has 22 heavy (non-hydrogen) atoms.